The molecule has 0 fully saturated rings. The number of aryl methyl sites for hydroxylation is 1. The van der Waals surface area contributed by atoms with E-state index in [1.807, 2.05) is 13.8 Å². The lowest BCUT2D eigenvalue weighted by atomic mass is 10.3. The van der Waals surface area contributed by atoms with E-state index < -0.39 is 0 Å². The van der Waals surface area contributed by atoms with Crippen molar-refractivity contribution < 1.29 is 4.79 Å². The van der Waals surface area contributed by atoms with Crippen LogP contribution < -0.4 is 5.32 Å². The molecule has 1 atom stereocenters. The van der Waals surface area contributed by atoms with E-state index in [9.17, 15) is 4.79 Å². The highest BCUT2D eigenvalue weighted by Gasteiger charge is 2.09. The second-order valence-corrected chi connectivity index (χ2v) is 4.19. The minimum absolute atomic E-state index is 0.0114. The predicted molar refractivity (Wildman–Crippen MR) is 57.4 cm³/mol. The fraction of sp³-hybridized carbons (Fsp3) is 0.750. The molecule has 15 heavy (non-hydrogen) atoms. The van der Waals surface area contributed by atoms with E-state index >= 15 is 0 Å². The van der Waals surface area contributed by atoms with Crippen LogP contribution in [-0.4, -0.2) is 37.9 Å². The molecule has 1 N–H and O–H groups in total. The Balaban J connectivity index is 2.31. The van der Waals surface area contributed by atoms with Gasteiger partial charge >= 0.3 is 0 Å². The molecule has 1 rings (SSSR count). The number of hydrogen-bond acceptors (Lipinski definition) is 5. The number of tetrazole rings is 1. The van der Waals surface area contributed by atoms with E-state index in [0.717, 1.165) is 6.42 Å². The maximum atomic E-state index is 11.4. The molecule has 0 aromatic carbocycles. The van der Waals surface area contributed by atoms with Crippen LogP contribution in [-0.2, 0) is 11.8 Å². The van der Waals surface area contributed by atoms with E-state index in [-0.39, 0.29) is 11.9 Å². The molecule has 0 unspecified atom stereocenters. The summed E-state index contributed by atoms with van der Waals surface area (Å²) in [5.74, 6) is 0.357. The third-order valence-corrected chi connectivity index (χ3v) is 2.94. The first-order valence-electron chi connectivity index (χ1n) is 4.78. The smallest absolute Gasteiger partial charge is 0.230 e. The van der Waals surface area contributed by atoms with Crippen LogP contribution in [0.15, 0.2) is 5.16 Å². The van der Waals surface area contributed by atoms with Crippen molar-refractivity contribution in [3.05, 3.63) is 0 Å². The van der Waals surface area contributed by atoms with E-state index in [4.69, 9.17) is 0 Å². The molecule has 84 valence electrons. The second-order valence-electron chi connectivity index (χ2n) is 3.25. The van der Waals surface area contributed by atoms with Crippen LogP contribution >= 0.6 is 11.8 Å². The summed E-state index contributed by atoms with van der Waals surface area (Å²) in [6.45, 7) is 4.01. The lowest BCUT2D eigenvalue weighted by Gasteiger charge is -2.10. The van der Waals surface area contributed by atoms with Crippen molar-refractivity contribution in [3.63, 3.8) is 0 Å². The molecule has 0 saturated heterocycles. The Morgan fingerprint density at radius 1 is 1.67 bits per heavy atom. The minimum Gasteiger partial charge on any atom is -0.353 e. The molecule has 0 aliphatic heterocycles. The second kappa shape index (κ2) is 5.69. The largest absolute Gasteiger partial charge is 0.353 e. The lowest BCUT2D eigenvalue weighted by molar-refractivity contribution is -0.119. The van der Waals surface area contributed by atoms with Crippen LogP contribution in [0.25, 0.3) is 0 Å². The van der Waals surface area contributed by atoms with Crippen LogP contribution in [0.1, 0.15) is 20.3 Å². The summed E-state index contributed by atoms with van der Waals surface area (Å²) >= 11 is 1.33. The highest BCUT2D eigenvalue weighted by Crippen LogP contribution is 2.11. The Labute approximate surface area is 92.8 Å². The van der Waals surface area contributed by atoms with Crippen LogP contribution in [0, 0.1) is 0 Å². The Morgan fingerprint density at radius 2 is 2.40 bits per heavy atom. The van der Waals surface area contributed by atoms with Crippen molar-refractivity contribution >= 4 is 17.7 Å². The topological polar surface area (TPSA) is 72.7 Å². The van der Waals surface area contributed by atoms with E-state index in [1.165, 1.54) is 11.8 Å². The molecule has 0 radical (unpaired) electrons. The van der Waals surface area contributed by atoms with Crippen molar-refractivity contribution in [2.45, 2.75) is 31.5 Å². The van der Waals surface area contributed by atoms with Gasteiger partial charge in [0, 0.05) is 13.1 Å². The number of nitrogens with zero attached hydrogens (tertiary/aromatic N) is 4. The standard InChI is InChI=1S/C8H15N5OS/c1-4-6(2)9-7(14)5-15-8-10-11-12-13(8)3/h6H,4-5H2,1-3H3,(H,9,14)/t6-/m1/s1. The van der Waals surface area contributed by atoms with Gasteiger partial charge in [-0.3, -0.25) is 4.79 Å². The summed E-state index contributed by atoms with van der Waals surface area (Å²) in [6, 6.07) is 0.218. The average Bonchev–Trinajstić information content (AvgIpc) is 2.61. The first kappa shape index (κ1) is 12.0. The quantitative estimate of drug-likeness (QED) is 0.731. The fourth-order valence-electron chi connectivity index (χ4n) is 0.892. The number of amides is 1. The van der Waals surface area contributed by atoms with Crippen LogP contribution in [0.3, 0.4) is 0 Å². The summed E-state index contributed by atoms with van der Waals surface area (Å²) in [6.07, 6.45) is 0.932. The molecule has 1 amide bonds. The maximum absolute atomic E-state index is 11.4. The van der Waals surface area contributed by atoms with E-state index in [0.29, 0.717) is 10.9 Å². The van der Waals surface area contributed by atoms with Crippen molar-refractivity contribution in [1.29, 1.82) is 0 Å². The zero-order valence-electron chi connectivity index (χ0n) is 9.10. The molecule has 0 spiro atoms. The molecule has 0 saturated carbocycles. The minimum atomic E-state index is 0.0114. The van der Waals surface area contributed by atoms with Crippen LogP contribution in [0.4, 0.5) is 0 Å². The highest BCUT2D eigenvalue weighted by molar-refractivity contribution is 7.99. The van der Waals surface area contributed by atoms with Gasteiger partial charge in [-0.25, -0.2) is 4.68 Å². The summed E-state index contributed by atoms with van der Waals surface area (Å²) in [4.78, 5) is 11.4. The maximum Gasteiger partial charge on any atom is 0.230 e. The Hall–Kier alpha value is -1.11. The molecule has 1 aromatic rings. The number of nitrogens with one attached hydrogen (secondary N) is 1. The molecule has 0 aliphatic rings. The SMILES string of the molecule is CC[C@@H](C)NC(=O)CSc1nnnn1C. The molecule has 1 aromatic heterocycles. The number of aromatic nitrogens is 4. The van der Waals surface area contributed by atoms with Gasteiger partial charge in [-0.1, -0.05) is 18.7 Å². The fourth-order valence-corrected chi connectivity index (χ4v) is 1.55. The first-order valence-corrected chi connectivity index (χ1v) is 5.76. The van der Waals surface area contributed by atoms with Gasteiger partial charge < -0.3 is 5.32 Å². The zero-order valence-corrected chi connectivity index (χ0v) is 9.91. The highest BCUT2D eigenvalue weighted by atomic mass is 32.2. The molecule has 7 heteroatoms. The van der Waals surface area contributed by atoms with Crippen molar-refractivity contribution in [3.8, 4) is 0 Å². The third kappa shape index (κ3) is 3.86. The zero-order chi connectivity index (χ0) is 11.3. The normalized spacial score (nSPS) is 12.5. The van der Waals surface area contributed by atoms with E-state index in [1.54, 1.807) is 11.7 Å². The first-order chi connectivity index (χ1) is 7.13. The summed E-state index contributed by atoms with van der Waals surface area (Å²) in [7, 11) is 1.74. The van der Waals surface area contributed by atoms with Crippen LogP contribution in [0.2, 0.25) is 0 Å². The lowest BCUT2D eigenvalue weighted by Crippen LogP contribution is -2.33. The summed E-state index contributed by atoms with van der Waals surface area (Å²) in [5, 5.41) is 14.5. The van der Waals surface area contributed by atoms with E-state index in [2.05, 4.69) is 20.8 Å². The average molecular weight is 229 g/mol. The Morgan fingerprint density at radius 3 is 2.93 bits per heavy atom. The molecular formula is C8H15N5OS. The number of carbonyl (C=O) groups is 1. The van der Waals surface area contributed by atoms with Crippen molar-refractivity contribution in [1.82, 2.24) is 25.5 Å². The monoisotopic (exact) mass is 229 g/mol. The van der Waals surface area contributed by atoms with Gasteiger partial charge in [-0.05, 0) is 23.8 Å². The molecule has 0 aliphatic carbocycles. The third-order valence-electron chi connectivity index (χ3n) is 1.93. The molecule has 6 nitrogen and oxygen atoms in total. The number of carbonyl (C=O) groups excluding carboxylic acids is 1. The summed E-state index contributed by atoms with van der Waals surface area (Å²) in [5.41, 5.74) is 0. The van der Waals surface area contributed by atoms with Gasteiger partial charge in [0.25, 0.3) is 0 Å². The number of rotatable bonds is 5. The summed E-state index contributed by atoms with van der Waals surface area (Å²) < 4.78 is 1.54. The van der Waals surface area contributed by atoms with Gasteiger partial charge in [0.15, 0.2) is 0 Å². The number of thioether (sulfide) groups is 1. The Kier molecular flexibility index (Phi) is 4.54. The van der Waals surface area contributed by atoms with Gasteiger partial charge in [0.05, 0.1) is 5.75 Å². The van der Waals surface area contributed by atoms with Gasteiger partial charge in [0.1, 0.15) is 0 Å². The van der Waals surface area contributed by atoms with Crippen molar-refractivity contribution in [2.24, 2.45) is 7.05 Å². The van der Waals surface area contributed by atoms with Crippen molar-refractivity contribution in [2.75, 3.05) is 5.75 Å². The molecule has 0 bridgehead atoms. The molecular weight excluding hydrogens is 214 g/mol. The Bertz CT molecular complexity index is 327. The van der Waals surface area contributed by atoms with Gasteiger partial charge in [-0.15, -0.1) is 5.10 Å². The predicted octanol–water partition coefficient (Wildman–Crippen LogP) is 0.217. The van der Waals surface area contributed by atoms with Gasteiger partial charge in [0.2, 0.25) is 11.1 Å². The number of hydrogen-bond donors (Lipinski definition) is 1. The van der Waals surface area contributed by atoms with Crippen LogP contribution in [0.5, 0.6) is 0 Å². The van der Waals surface area contributed by atoms with Gasteiger partial charge in [-0.2, -0.15) is 0 Å². The molecule has 1 heterocycles.